The van der Waals surface area contributed by atoms with E-state index in [9.17, 15) is 23.4 Å². The maximum atomic E-state index is 12.2. The number of imidazole rings is 1. The number of aromatic nitrogens is 5. The van der Waals surface area contributed by atoms with Crippen LogP contribution in [0.4, 0.5) is 13.2 Å². The molecule has 0 aliphatic carbocycles. The molecule has 3 aromatic rings. The number of aliphatic hydroxyl groups is 2. The topological polar surface area (TPSA) is 125 Å². The molecule has 0 aromatic carbocycles. The number of halogens is 3. The molecule has 3 aromatic heterocycles. The molecule has 0 amide bonds. The van der Waals surface area contributed by atoms with Gasteiger partial charge >= 0.3 is 6.36 Å². The normalized spacial score (nSPS) is 23.9. The number of rotatable bonds is 6. The van der Waals surface area contributed by atoms with E-state index in [0.29, 0.717) is 23.1 Å². The Morgan fingerprint density at radius 1 is 1.13 bits per heavy atom. The lowest BCUT2D eigenvalue weighted by atomic mass is 10.1. The zero-order chi connectivity index (χ0) is 22.2. The van der Waals surface area contributed by atoms with Crippen molar-refractivity contribution in [3.63, 3.8) is 0 Å². The molecule has 0 radical (unpaired) electrons. The Bertz CT molecular complexity index is 1050. The molecule has 0 unspecified atom stereocenters. The first kappa shape index (κ1) is 21.2. The molecule has 10 nitrogen and oxygen atoms in total. The Hall–Kier alpha value is -3.03. The maximum Gasteiger partial charge on any atom is 0.574 e. The summed E-state index contributed by atoms with van der Waals surface area (Å²) in [5, 5.41) is 20.1. The Labute approximate surface area is 173 Å². The number of nitrogens with zero attached hydrogens (tertiary/aromatic N) is 5. The molecular weight excluding hydrogens is 423 g/mol. The molecule has 0 bridgehead atoms. The summed E-state index contributed by atoms with van der Waals surface area (Å²) in [4.78, 5) is 16.0. The zero-order valence-corrected chi connectivity index (χ0v) is 16.1. The summed E-state index contributed by atoms with van der Waals surface area (Å²) in [6.45, 7) is 1.80. The molecule has 1 saturated heterocycles. The number of fused-ring (bicyclic) bond motifs is 1. The van der Waals surface area contributed by atoms with Crippen molar-refractivity contribution in [1.82, 2.24) is 24.5 Å². The molecule has 4 atom stereocenters. The van der Waals surface area contributed by atoms with Crippen LogP contribution in [0.3, 0.4) is 0 Å². The summed E-state index contributed by atoms with van der Waals surface area (Å²) < 4.78 is 53.0. The fraction of sp³-hybridized carbons (Fsp3) is 0.444. The summed E-state index contributed by atoms with van der Waals surface area (Å²) in [7, 11) is 0. The third-order valence-electron chi connectivity index (χ3n) is 4.72. The maximum absolute atomic E-state index is 12.2. The van der Waals surface area contributed by atoms with Crippen LogP contribution in [0, 0.1) is 0 Å². The molecular formula is C18H18F3N5O5. The van der Waals surface area contributed by atoms with Crippen LogP contribution >= 0.6 is 0 Å². The van der Waals surface area contributed by atoms with Crippen molar-refractivity contribution in [3.05, 3.63) is 36.5 Å². The van der Waals surface area contributed by atoms with Gasteiger partial charge in [-0.1, -0.05) is 6.07 Å². The quantitative estimate of drug-likeness (QED) is 0.584. The minimum atomic E-state index is -4.80. The van der Waals surface area contributed by atoms with Gasteiger partial charge in [0.25, 0.3) is 0 Å². The van der Waals surface area contributed by atoms with Crippen LogP contribution in [0.15, 0.2) is 31.0 Å². The van der Waals surface area contributed by atoms with Crippen LogP contribution in [0.25, 0.3) is 11.2 Å². The lowest BCUT2D eigenvalue weighted by Crippen LogP contribution is -2.30. The van der Waals surface area contributed by atoms with Crippen LogP contribution in [0.2, 0.25) is 0 Å². The van der Waals surface area contributed by atoms with E-state index in [0.717, 1.165) is 6.07 Å². The molecule has 31 heavy (non-hydrogen) atoms. The van der Waals surface area contributed by atoms with Crippen molar-refractivity contribution in [2.45, 2.75) is 44.2 Å². The van der Waals surface area contributed by atoms with Gasteiger partial charge < -0.3 is 24.4 Å². The summed E-state index contributed by atoms with van der Waals surface area (Å²) in [5.74, 6) is -0.356. The van der Waals surface area contributed by atoms with E-state index in [1.165, 1.54) is 29.5 Å². The monoisotopic (exact) mass is 441 g/mol. The van der Waals surface area contributed by atoms with Gasteiger partial charge in [-0.05, 0) is 12.5 Å². The first-order chi connectivity index (χ1) is 14.7. The van der Waals surface area contributed by atoms with Gasteiger partial charge in [0, 0.05) is 18.7 Å². The van der Waals surface area contributed by atoms with Gasteiger partial charge in [0.1, 0.15) is 18.5 Å². The second-order valence-electron chi connectivity index (χ2n) is 6.87. The Morgan fingerprint density at radius 3 is 2.58 bits per heavy atom. The van der Waals surface area contributed by atoms with Gasteiger partial charge in [-0.3, -0.25) is 4.57 Å². The minimum absolute atomic E-state index is 0.151. The number of pyridine rings is 1. The third-order valence-corrected chi connectivity index (χ3v) is 4.72. The summed E-state index contributed by atoms with van der Waals surface area (Å²) in [6, 6.07) is 2.57. The van der Waals surface area contributed by atoms with E-state index < -0.39 is 36.8 Å². The van der Waals surface area contributed by atoms with E-state index >= 15 is 0 Å². The Morgan fingerprint density at radius 2 is 1.94 bits per heavy atom. The standard InChI is InChI=1S/C18H18F3N5O5/c1-9-13(27)14(28)17(30-9)26-8-25-12-15(26)23-7-24-16(12)29-5-4-10-2-3-11(22-6-10)31-18(19,20)21/h2-3,6-9,13-14,17,27-28H,4-5H2,1H3/t9-,13-,14-,17-/m1/s1. The second-order valence-corrected chi connectivity index (χ2v) is 6.87. The molecule has 1 fully saturated rings. The molecule has 0 saturated carbocycles. The lowest BCUT2D eigenvalue weighted by Gasteiger charge is -2.16. The average molecular weight is 441 g/mol. The summed E-state index contributed by atoms with van der Waals surface area (Å²) in [6.07, 6.45) is -4.12. The fourth-order valence-corrected chi connectivity index (χ4v) is 3.18. The molecule has 4 heterocycles. The van der Waals surface area contributed by atoms with Crippen molar-refractivity contribution in [1.29, 1.82) is 0 Å². The first-order valence-corrected chi connectivity index (χ1v) is 9.25. The lowest BCUT2D eigenvalue weighted by molar-refractivity contribution is -0.276. The van der Waals surface area contributed by atoms with Crippen molar-refractivity contribution in [2.24, 2.45) is 0 Å². The highest BCUT2D eigenvalue weighted by molar-refractivity contribution is 5.76. The number of ether oxygens (including phenoxy) is 3. The fourth-order valence-electron chi connectivity index (χ4n) is 3.18. The number of hydrogen-bond donors (Lipinski definition) is 2. The van der Waals surface area contributed by atoms with Gasteiger partial charge in [0.15, 0.2) is 17.4 Å². The number of hydrogen-bond acceptors (Lipinski definition) is 9. The largest absolute Gasteiger partial charge is 0.574 e. The van der Waals surface area contributed by atoms with E-state index in [1.54, 1.807) is 6.92 Å². The van der Waals surface area contributed by atoms with Crippen molar-refractivity contribution < 1.29 is 37.6 Å². The smallest absolute Gasteiger partial charge is 0.476 e. The zero-order valence-electron chi connectivity index (χ0n) is 16.1. The van der Waals surface area contributed by atoms with Gasteiger partial charge in [-0.25, -0.2) is 15.0 Å². The van der Waals surface area contributed by atoms with Crippen LogP contribution in [0.5, 0.6) is 11.8 Å². The van der Waals surface area contributed by atoms with Gasteiger partial charge in [-0.2, -0.15) is 4.98 Å². The molecule has 0 spiro atoms. The van der Waals surface area contributed by atoms with Crippen LogP contribution in [0.1, 0.15) is 18.7 Å². The molecule has 166 valence electrons. The minimum Gasteiger partial charge on any atom is -0.476 e. The van der Waals surface area contributed by atoms with Crippen molar-refractivity contribution in [3.8, 4) is 11.8 Å². The van der Waals surface area contributed by atoms with E-state index in [1.807, 2.05) is 0 Å². The highest BCUT2D eigenvalue weighted by Crippen LogP contribution is 2.32. The Kier molecular flexibility index (Phi) is 5.64. The number of aliphatic hydroxyl groups excluding tert-OH is 2. The highest BCUT2D eigenvalue weighted by Gasteiger charge is 2.42. The molecule has 1 aliphatic rings. The summed E-state index contributed by atoms with van der Waals surface area (Å²) in [5.41, 5.74) is 1.32. The molecule has 13 heteroatoms. The van der Waals surface area contributed by atoms with Crippen LogP contribution in [-0.4, -0.2) is 66.0 Å². The number of alkyl halides is 3. The van der Waals surface area contributed by atoms with E-state index in [-0.39, 0.29) is 12.5 Å². The molecule has 2 N–H and O–H groups in total. The average Bonchev–Trinajstić information content (AvgIpc) is 3.25. The van der Waals surface area contributed by atoms with Gasteiger partial charge in [-0.15, -0.1) is 13.2 Å². The highest BCUT2D eigenvalue weighted by atomic mass is 19.4. The predicted octanol–water partition coefficient (Wildman–Crippen LogP) is 1.38. The van der Waals surface area contributed by atoms with Crippen LogP contribution in [-0.2, 0) is 11.2 Å². The van der Waals surface area contributed by atoms with Gasteiger partial charge in [0.2, 0.25) is 11.8 Å². The van der Waals surface area contributed by atoms with E-state index in [4.69, 9.17) is 9.47 Å². The molecule has 4 rings (SSSR count). The first-order valence-electron chi connectivity index (χ1n) is 9.25. The second kappa shape index (κ2) is 8.24. The van der Waals surface area contributed by atoms with Crippen LogP contribution < -0.4 is 9.47 Å². The SMILES string of the molecule is C[C@H]1O[C@@H](n2cnc3c(OCCc4ccc(OC(F)(F)F)nc4)ncnc32)[C@H](O)[C@@H]1O. The molecule has 1 aliphatic heterocycles. The van der Waals surface area contributed by atoms with E-state index in [2.05, 4.69) is 24.7 Å². The Balaban J connectivity index is 1.42. The van der Waals surface area contributed by atoms with Crippen molar-refractivity contribution >= 4 is 11.2 Å². The third kappa shape index (κ3) is 4.52. The van der Waals surface area contributed by atoms with Gasteiger partial charge in [0.05, 0.1) is 19.0 Å². The van der Waals surface area contributed by atoms with Crippen molar-refractivity contribution in [2.75, 3.05) is 6.61 Å². The summed E-state index contributed by atoms with van der Waals surface area (Å²) >= 11 is 0. The predicted molar refractivity (Wildman–Crippen MR) is 97.0 cm³/mol.